The molecule has 0 aliphatic heterocycles. The SMILES string of the molecule is COc1ccc(-c2nc(C(=O)NCc3nc4ccccc4[nH]3)c([C@H](C)N)o2)c2ccc(C(F)(F)F)nc12. The highest BCUT2D eigenvalue weighted by molar-refractivity contribution is 5.98. The quantitative estimate of drug-likeness (QED) is 0.301. The number of carbonyl (C=O) groups is 1. The molecule has 9 nitrogen and oxygen atoms in total. The third-order valence-electron chi connectivity index (χ3n) is 5.70. The first kappa shape index (κ1) is 24.3. The lowest BCUT2D eigenvalue weighted by molar-refractivity contribution is -0.140. The van der Waals surface area contributed by atoms with Crippen molar-refractivity contribution in [2.45, 2.75) is 25.7 Å². The number of methoxy groups -OCH3 is 1. The first-order valence-electron chi connectivity index (χ1n) is 11.2. The number of alkyl halides is 3. The van der Waals surface area contributed by atoms with Gasteiger partial charge < -0.3 is 25.2 Å². The minimum Gasteiger partial charge on any atom is -0.494 e. The third kappa shape index (κ3) is 4.58. The number of aromatic nitrogens is 4. The zero-order valence-corrected chi connectivity index (χ0v) is 19.7. The number of H-pyrrole nitrogens is 1. The number of pyridine rings is 1. The Balaban J connectivity index is 1.50. The fraction of sp³-hybridized carbons (Fsp3) is 0.200. The molecule has 37 heavy (non-hydrogen) atoms. The van der Waals surface area contributed by atoms with Crippen LogP contribution in [0.15, 0.2) is 52.9 Å². The molecule has 12 heteroatoms. The average Bonchev–Trinajstić information content (AvgIpc) is 3.50. The molecular weight excluding hydrogens is 489 g/mol. The normalized spacial score (nSPS) is 12.7. The lowest BCUT2D eigenvalue weighted by atomic mass is 10.1. The number of ether oxygens (including phenoxy) is 1. The van der Waals surface area contributed by atoms with Crippen molar-refractivity contribution in [1.29, 1.82) is 0 Å². The average molecular weight is 510 g/mol. The fourth-order valence-electron chi connectivity index (χ4n) is 3.96. The van der Waals surface area contributed by atoms with E-state index in [4.69, 9.17) is 14.9 Å². The molecule has 5 aromatic rings. The number of imidazole rings is 1. The second-order valence-electron chi connectivity index (χ2n) is 8.31. The number of benzene rings is 2. The van der Waals surface area contributed by atoms with Crippen LogP contribution in [0.5, 0.6) is 5.75 Å². The summed E-state index contributed by atoms with van der Waals surface area (Å²) < 4.78 is 50.9. The number of nitrogens with two attached hydrogens (primary N) is 1. The van der Waals surface area contributed by atoms with Crippen molar-refractivity contribution in [3.8, 4) is 17.2 Å². The molecule has 3 heterocycles. The molecule has 0 saturated heterocycles. The van der Waals surface area contributed by atoms with E-state index >= 15 is 0 Å². The maximum atomic E-state index is 13.3. The van der Waals surface area contributed by atoms with Crippen LogP contribution in [0.4, 0.5) is 13.2 Å². The molecule has 0 spiro atoms. The van der Waals surface area contributed by atoms with Crippen LogP contribution in [0.25, 0.3) is 33.4 Å². The highest BCUT2D eigenvalue weighted by Crippen LogP contribution is 2.37. The zero-order chi connectivity index (χ0) is 26.3. The number of fused-ring (bicyclic) bond motifs is 2. The molecule has 0 radical (unpaired) electrons. The van der Waals surface area contributed by atoms with Gasteiger partial charge in [0.25, 0.3) is 5.91 Å². The van der Waals surface area contributed by atoms with Gasteiger partial charge in [-0.3, -0.25) is 4.79 Å². The van der Waals surface area contributed by atoms with Crippen LogP contribution in [0.2, 0.25) is 0 Å². The Morgan fingerprint density at radius 2 is 1.92 bits per heavy atom. The largest absolute Gasteiger partial charge is 0.494 e. The van der Waals surface area contributed by atoms with E-state index in [0.29, 0.717) is 16.8 Å². The van der Waals surface area contributed by atoms with Crippen molar-refractivity contribution < 1.29 is 27.1 Å². The lowest BCUT2D eigenvalue weighted by Gasteiger charge is -2.11. The topological polar surface area (TPSA) is 132 Å². The number of oxazole rings is 1. The summed E-state index contributed by atoms with van der Waals surface area (Å²) in [6.07, 6.45) is -4.63. The van der Waals surface area contributed by atoms with Crippen molar-refractivity contribution in [2.24, 2.45) is 5.73 Å². The minimum atomic E-state index is -4.63. The van der Waals surface area contributed by atoms with Crippen LogP contribution in [0.1, 0.15) is 40.7 Å². The van der Waals surface area contributed by atoms with E-state index in [1.54, 1.807) is 13.0 Å². The number of amides is 1. The number of nitrogens with zero attached hydrogens (tertiary/aromatic N) is 3. The zero-order valence-electron chi connectivity index (χ0n) is 19.7. The van der Waals surface area contributed by atoms with Gasteiger partial charge in [-0.2, -0.15) is 13.2 Å². The van der Waals surface area contributed by atoms with Gasteiger partial charge in [-0.1, -0.05) is 12.1 Å². The summed E-state index contributed by atoms with van der Waals surface area (Å²) in [7, 11) is 1.33. The second-order valence-corrected chi connectivity index (χ2v) is 8.31. The van der Waals surface area contributed by atoms with Gasteiger partial charge in [0.15, 0.2) is 11.5 Å². The van der Waals surface area contributed by atoms with Gasteiger partial charge in [-0.05, 0) is 43.3 Å². The van der Waals surface area contributed by atoms with Crippen molar-refractivity contribution in [3.63, 3.8) is 0 Å². The summed E-state index contributed by atoms with van der Waals surface area (Å²) in [5, 5.41) is 3.05. The van der Waals surface area contributed by atoms with Crippen LogP contribution in [0, 0.1) is 0 Å². The molecule has 1 atom stereocenters. The van der Waals surface area contributed by atoms with Gasteiger partial charge in [-0.25, -0.2) is 15.0 Å². The van der Waals surface area contributed by atoms with E-state index in [-0.39, 0.29) is 35.2 Å². The second kappa shape index (κ2) is 9.21. The summed E-state index contributed by atoms with van der Waals surface area (Å²) in [6.45, 7) is 1.73. The number of halogens is 3. The van der Waals surface area contributed by atoms with Gasteiger partial charge in [-0.15, -0.1) is 0 Å². The molecule has 4 N–H and O–H groups in total. The van der Waals surface area contributed by atoms with Crippen LogP contribution < -0.4 is 15.8 Å². The summed E-state index contributed by atoms with van der Waals surface area (Å²) in [6, 6.07) is 11.9. The highest BCUT2D eigenvalue weighted by Gasteiger charge is 2.33. The summed E-state index contributed by atoms with van der Waals surface area (Å²) in [5.74, 6) is 0.287. The van der Waals surface area contributed by atoms with Crippen LogP contribution in [-0.2, 0) is 12.7 Å². The molecule has 0 aliphatic carbocycles. The molecule has 0 fully saturated rings. The summed E-state index contributed by atoms with van der Waals surface area (Å²) in [4.78, 5) is 28.7. The fourth-order valence-corrected chi connectivity index (χ4v) is 3.96. The Morgan fingerprint density at radius 1 is 1.14 bits per heavy atom. The predicted octanol–water partition coefficient (Wildman–Crippen LogP) is 4.74. The maximum absolute atomic E-state index is 13.3. The molecule has 5 rings (SSSR count). The first-order chi connectivity index (χ1) is 17.7. The molecule has 0 unspecified atom stereocenters. The molecule has 1 amide bonds. The van der Waals surface area contributed by atoms with Gasteiger partial charge in [0.2, 0.25) is 5.89 Å². The predicted molar refractivity (Wildman–Crippen MR) is 129 cm³/mol. The number of carbonyl (C=O) groups excluding carboxylic acids is 1. The van der Waals surface area contributed by atoms with E-state index in [9.17, 15) is 18.0 Å². The van der Waals surface area contributed by atoms with E-state index in [0.717, 1.165) is 17.1 Å². The number of hydrogen-bond donors (Lipinski definition) is 3. The molecule has 0 bridgehead atoms. The van der Waals surface area contributed by atoms with Crippen LogP contribution in [-0.4, -0.2) is 33.0 Å². The van der Waals surface area contributed by atoms with Gasteiger partial charge in [0, 0.05) is 10.9 Å². The standard InChI is InChI=1S/C25H21F3N6O3/c1-12(29)22-21(23(35)30-11-19-31-15-5-3-4-6-16(15)32-19)34-24(37-22)14-7-9-17(36-2)20-13(14)8-10-18(33-20)25(26,27)28/h3-10,12H,11,29H2,1-2H3,(H,30,35)(H,31,32)/t12-/m0/s1. The number of para-hydroxylation sites is 2. The molecule has 2 aromatic carbocycles. The van der Waals surface area contributed by atoms with Gasteiger partial charge >= 0.3 is 6.18 Å². The molecule has 3 aromatic heterocycles. The van der Waals surface area contributed by atoms with E-state index < -0.39 is 23.8 Å². The Kier molecular flexibility index (Phi) is 6.04. The molecule has 0 saturated carbocycles. The van der Waals surface area contributed by atoms with E-state index in [1.807, 2.05) is 24.3 Å². The maximum Gasteiger partial charge on any atom is 0.433 e. The number of hydrogen-bond acceptors (Lipinski definition) is 7. The summed E-state index contributed by atoms with van der Waals surface area (Å²) in [5.41, 5.74) is 6.84. The smallest absolute Gasteiger partial charge is 0.433 e. The molecule has 0 aliphatic rings. The van der Waals surface area contributed by atoms with Crippen LogP contribution in [0.3, 0.4) is 0 Å². The molecule has 190 valence electrons. The van der Waals surface area contributed by atoms with Crippen LogP contribution >= 0.6 is 0 Å². The molecular formula is C25H21F3N6O3. The van der Waals surface area contributed by atoms with Crippen molar-refractivity contribution >= 4 is 27.8 Å². The van der Waals surface area contributed by atoms with E-state index in [1.165, 1.54) is 19.2 Å². The van der Waals surface area contributed by atoms with Crippen molar-refractivity contribution in [2.75, 3.05) is 7.11 Å². The third-order valence-corrected chi connectivity index (χ3v) is 5.70. The summed E-state index contributed by atoms with van der Waals surface area (Å²) >= 11 is 0. The Morgan fingerprint density at radius 3 is 2.62 bits per heavy atom. The number of rotatable bonds is 6. The highest BCUT2D eigenvalue weighted by atomic mass is 19.4. The lowest BCUT2D eigenvalue weighted by Crippen LogP contribution is -2.25. The van der Waals surface area contributed by atoms with Gasteiger partial charge in [0.05, 0.1) is 30.7 Å². The first-order valence-corrected chi connectivity index (χ1v) is 11.2. The van der Waals surface area contributed by atoms with E-state index in [2.05, 4.69) is 25.3 Å². The Hall–Kier alpha value is -4.45. The monoisotopic (exact) mass is 510 g/mol. The number of nitrogens with one attached hydrogen (secondary N) is 2. The van der Waals surface area contributed by atoms with Crippen molar-refractivity contribution in [3.05, 3.63) is 71.5 Å². The number of aromatic amines is 1. The minimum absolute atomic E-state index is 0.00963. The Bertz CT molecular complexity index is 1590. The Labute approximate surface area is 207 Å². The van der Waals surface area contributed by atoms with Crippen molar-refractivity contribution in [1.82, 2.24) is 25.3 Å². The van der Waals surface area contributed by atoms with Gasteiger partial charge in [0.1, 0.15) is 22.8 Å².